The second-order valence-corrected chi connectivity index (χ2v) is 6.33. The molecule has 6 N–H and O–H groups in total. The Labute approximate surface area is 128 Å². The molecule has 0 spiro atoms. The maximum atomic E-state index is 12.1. The lowest BCUT2D eigenvalue weighted by molar-refractivity contribution is -0.151. The van der Waals surface area contributed by atoms with Crippen LogP contribution in [0, 0.1) is 10.8 Å². The number of carbonyl (C=O) groups excluding carboxylic acids is 2. The van der Waals surface area contributed by atoms with Gasteiger partial charge in [-0.05, 0) is 24.7 Å². The number of ether oxygens (including phenoxy) is 2. The minimum Gasteiger partial charge on any atom is -0.395 e. The molecule has 22 heavy (non-hydrogen) atoms. The van der Waals surface area contributed by atoms with Crippen molar-refractivity contribution in [1.29, 1.82) is 0 Å². The van der Waals surface area contributed by atoms with Crippen molar-refractivity contribution < 1.29 is 29.3 Å². The first kappa shape index (κ1) is 17.1. The maximum Gasteiger partial charge on any atom is 0.228 e. The molecular weight excluding hydrogens is 292 g/mol. The van der Waals surface area contributed by atoms with Crippen molar-refractivity contribution in [2.75, 3.05) is 26.4 Å². The molecule has 0 radical (unpaired) electrons. The number of nitrogens with two attached hydrogens (primary N) is 2. The molecule has 2 aliphatic rings. The lowest BCUT2D eigenvalue weighted by Crippen LogP contribution is -2.57. The first-order valence-corrected chi connectivity index (χ1v) is 7.42. The number of carbonyl (C=O) groups is 2. The standard InChI is InChI=1S/C14H24N2O6/c15-11(19)1-2-13(3-9-5-21-9,4-10-6-22-10)14(7-17,8-18)12(16)20/h9-10,17-18H,1-8H2,(H2,15,19)(H2,16,20). The second-order valence-electron chi connectivity index (χ2n) is 6.33. The third kappa shape index (κ3) is 3.40. The van der Waals surface area contributed by atoms with Crippen molar-refractivity contribution >= 4 is 11.8 Å². The first-order chi connectivity index (χ1) is 10.4. The second kappa shape index (κ2) is 6.49. The van der Waals surface area contributed by atoms with E-state index in [4.69, 9.17) is 20.9 Å². The molecule has 2 fully saturated rings. The predicted octanol–water partition coefficient (Wildman–Crippen LogP) is -1.73. The number of hydrogen-bond donors (Lipinski definition) is 4. The Morgan fingerprint density at radius 1 is 1.05 bits per heavy atom. The van der Waals surface area contributed by atoms with Crippen molar-refractivity contribution in [3.8, 4) is 0 Å². The summed E-state index contributed by atoms with van der Waals surface area (Å²) in [5.41, 5.74) is 8.34. The van der Waals surface area contributed by atoms with Gasteiger partial charge in [0.25, 0.3) is 0 Å². The zero-order valence-electron chi connectivity index (χ0n) is 12.5. The van der Waals surface area contributed by atoms with Gasteiger partial charge < -0.3 is 31.2 Å². The van der Waals surface area contributed by atoms with Gasteiger partial charge in [0.15, 0.2) is 0 Å². The quantitative estimate of drug-likeness (QED) is 0.332. The van der Waals surface area contributed by atoms with Crippen LogP contribution >= 0.6 is 0 Å². The van der Waals surface area contributed by atoms with Gasteiger partial charge in [-0.1, -0.05) is 0 Å². The molecule has 126 valence electrons. The van der Waals surface area contributed by atoms with Gasteiger partial charge in [-0.15, -0.1) is 0 Å². The molecule has 2 aliphatic heterocycles. The molecule has 0 saturated carbocycles. The third-order valence-corrected chi connectivity index (χ3v) is 4.92. The minimum absolute atomic E-state index is 0.0362. The maximum absolute atomic E-state index is 12.1. The highest BCUT2D eigenvalue weighted by atomic mass is 16.6. The van der Waals surface area contributed by atoms with Crippen LogP contribution in [0.15, 0.2) is 0 Å². The van der Waals surface area contributed by atoms with E-state index in [1.54, 1.807) is 0 Å². The minimum atomic E-state index is -1.54. The lowest BCUT2D eigenvalue weighted by Gasteiger charge is -2.47. The Morgan fingerprint density at radius 3 is 1.77 bits per heavy atom. The fourth-order valence-corrected chi connectivity index (χ4v) is 3.33. The van der Waals surface area contributed by atoms with E-state index in [1.165, 1.54) is 0 Å². The Kier molecular flexibility index (Phi) is 5.06. The molecule has 2 amide bonds. The van der Waals surface area contributed by atoms with Gasteiger partial charge in [0.2, 0.25) is 11.8 Å². The summed E-state index contributed by atoms with van der Waals surface area (Å²) < 4.78 is 10.5. The largest absolute Gasteiger partial charge is 0.395 e. The molecule has 0 bridgehead atoms. The van der Waals surface area contributed by atoms with E-state index >= 15 is 0 Å². The molecule has 2 heterocycles. The van der Waals surface area contributed by atoms with Gasteiger partial charge in [-0.2, -0.15) is 0 Å². The molecule has 8 heteroatoms. The van der Waals surface area contributed by atoms with E-state index in [-0.39, 0.29) is 25.0 Å². The van der Waals surface area contributed by atoms with Crippen LogP contribution in [0.2, 0.25) is 0 Å². The molecule has 8 nitrogen and oxygen atoms in total. The molecule has 2 rings (SSSR count). The molecule has 0 aromatic carbocycles. The number of aliphatic hydroxyl groups excluding tert-OH is 2. The molecular formula is C14H24N2O6. The van der Waals surface area contributed by atoms with E-state index in [0.29, 0.717) is 26.1 Å². The van der Waals surface area contributed by atoms with Gasteiger partial charge in [-0.25, -0.2) is 0 Å². The monoisotopic (exact) mass is 316 g/mol. The van der Waals surface area contributed by atoms with Gasteiger partial charge in [0, 0.05) is 6.42 Å². The van der Waals surface area contributed by atoms with E-state index in [1.807, 2.05) is 0 Å². The molecule has 2 unspecified atom stereocenters. The molecule has 2 atom stereocenters. The Balaban J connectivity index is 2.36. The highest BCUT2D eigenvalue weighted by molar-refractivity contribution is 5.82. The molecule has 0 aromatic heterocycles. The van der Waals surface area contributed by atoms with E-state index < -0.39 is 35.9 Å². The van der Waals surface area contributed by atoms with Crippen LogP contribution in [0.4, 0.5) is 0 Å². The van der Waals surface area contributed by atoms with Crippen LogP contribution in [-0.2, 0) is 19.1 Å². The van der Waals surface area contributed by atoms with Crippen LogP contribution in [0.5, 0.6) is 0 Å². The van der Waals surface area contributed by atoms with Crippen LogP contribution in [-0.4, -0.2) is 60.7 Å². The number of rotatable bonds is 11. The molecule has 0 aromatic rings. The summed E-state index contributed by atoms with van der Waals surface area (Å²) in [6, 6.07) is 0. The summed E-state index contributed by atoms with van der Waals surface area (Å²) in [7, 11) is 0. The number of amides is 2. The highest BCUT2D eigenvalue weighted by Crippen LogP contribution is 2.53. The molecule has 0 aliphatic carbocycles. The number of epoxide rings is 2. The van der Waals surface area contributed by atoms with Gasteiger partial charge in [0.05, 0.1) is 38.6 Å². The zero-order chi connectivity index (χ0) is 16.4. The van der Waals surface area contributed by atoms with Crippen LogP contribution in [0.3, 0.4) is 0 Å². The zero-order valence-corrected chi connectivity index (χ0v) is 12.5. The van der Waals surface area contributed by atoms with Crippen molar-refractivity contribution in [3.05, 3.63) is 0 Å². The topological polar surface area (TPSA) is 152 Å². The summed E-state index contributed by atoms with van der Waals surface area (Å²) in [5.74, 6) is -1.30. The lowest BCUT2D eigenvalue weighted by atomic mass is 9.57. The first-order valence-electron chi connectivity index (χ1n) is 7.42. The van der Waals surface area contributed by atoms with E-state index in [9.17, 15) is 19.8 Å². The van der Waals surface area contributed by atoms with Crippen LogP contribution in [0.25, 0.3) is 0 Å². The number of primary amides is 2. The SMILES string of the molecule is NC(=O)CCC(CC1CO1)(CC1CO1)C(CO)(CO)C(N)=O. The van der Waals surface area contributed by atoms with Crippen molar-refractivity contribution in [1.82, 2.24) is 0 Å². The van der Waals surface area contributed by atoms with E-state index in [0.717, 1.165) is 0 Å². The average molecular weight is 316 g/mol. The summed E-state index contributed by atoms with van der Waals surface area (Å²) in [5, 5.41) is 19.7. The van der Waals surface area contributed by atoms with Crippen LogP contribution < -0.4 is 11.5 Å². The van der Waals surface area contributed by atoms with Crippen molar-refractivity contribution in [2.24, 2.45) is 22.3 Å². The summed E-state index contributed by atoms with van der Waals surface area (Å²) in [6.07, 6.45) is 0.988. The highest BCUT2D eigenvalue weighted by Gasteiger charge is 2.58. The van der Waals surface area contributed by atoms with Crippen molar-refractivity contribution in [3.63, 3.8) is 0 Å². The number of aliphatic hydroxyl groups is 2. The van der Waals surface area contributed by atoms with E-state index in [2.05, 4.69) is 0 Å². The number of hydrogen-bond acceptors (Lipinski definition) is 6. The molecule has 2 saturated heterocycles. The summed E-state index contributed by atoms with van der Waals surface area (Å²) in [6.45, 7) is -0.0981. The predicted molar refractivity (Wildman–Crippen MR) is 75.4 cm³/mol. The summed E-state index contributed by atoms with van der Waals surface area (Å²) in [4.78, 5) is 23.3. The Morgan fingerprint density at radius 2 is 1.50 bits per heavy atom. The average Bonchev–Trinajstić information content (AvgIpc) is 3.35. The van der Waals surface area contributed by atoms with Gasteiger partial charge in [0.1, 0.15) is 5.41 Å². The smallest absolute Gasteiger partial charge is 0.228 e. The Bertz CT molecular complexity index is 415. The Hall–Kier alpha value is -1.22. The van der Waals surface area contributed by atoms with Crippen molar-refractivity contribution in [2.45, 2.75) is 37.9 Å². The fourth-order valence-electron chi connectivity index (χ4n) is 3.33. The third-order valence-electron chi connectivity index (χ3n) is 4.92. The normalized spacial score (nSPS) is 26.3. The fraction of sp³-hybridized carbons (Fsp3) is 0.857. The van der Waals surface area contributed by atoms with Crippen LogP contribution in [0.1, 0.15) is 25.7 Å². The summed E-state index contributed by atoms with van der Waals surface area (Å²) >= 11 is 0. The van der Waals surface area contributed by atoms with Gasteiger partial charge >= 0.3 is 0 Å². The van der Waals surface area contributed by atoms with Gasteiger partial charge in [-0.3, -0.25) is 9.59 Å².